The normalized spacial score (nSPS) is 18.9. The van der Waals surface area contributed by atoms with Gasteiger partial charge in [0.1, 0.15) is 16.2 Å². The number of hydrogen-bond acceptors (Lipinski definition) is 5. The third-order valence-electron chi connectivity index (χ3n) is 5.94. The molecule has 2 aromatic carbocycles. The van der Waals surface area contributed by atoms with E-state index >= 15 is 0 Å². The number of ether oxygens (including phenoxy) is 1. The number of nitrogens with zero attached hydrogens (tertiary/aromatic N) is 1. The number of amides is 1. The van der Waals surface area contributed by atoms with Crippen molar-refractivity contribution >= 4 is 33.3 Å². The Bertz CT molecular complexity index is 1170. The first-order chi connectivity index (χ1) is 15.5. The number of Topliss-reactive ketones (excluding diaryl/α,β-unsaturated/α-hetero) is 1. The van der Waals surface area contributed by atoms with Gasteiger partial charge in [-0.3, -0.25) is 9.59 Å². The van der Waals surface area contributed by atoms with Gasteiger partial charge in [-0.2, -0.15) is 0 Å². The highest BCUT2D eigenvalue weighted by Crippen LogP contribution is 2.43. The SMILES string of the molecule is COc1ccc(C(=O)N(C)[C@@]2(c3ccccc3Cl)CCCCC2=O)cc1S(=O)(=O)NC(C)C. The molecular formula is C24H29ClN2O5S. The van der Waals surface area contributed by atoms with Crippen LogP contribution in [0, 0.1) is 0 Å². The van der Waals surface area contributed by atoms with E-state index in [9.17, 15) is 18.0 Å². The summed E-state index contributed by atoms with van der Waals surface area (Å²) < 4.78 is 33.5. The van der Waals surface area contributed by atoms with Crippen LogP contribution in [0.25, 0.3) is 0 Å². The average molecular weight is 493 g/mol. The summed E-state index contributed by atoms with van der Waals surface area (Å²) >= 11 is 6.49. The summed E-state index contributed by atoms with van der Waals surface area (Å²) in [4.78, 5) is 28.2. The van der Waals surface area contributed by atoms with Crippen LogP contribution in [0.2, 0.25) is 5.02 Å². The maximum absolute atomic E-state index is 13.7. The minimum Gasteiger partial charge on any atom is -0.495 e. The molecule has 0 radical (unpaired) electrons. The molecule has 0 aliphatic heterocycles. The fourth-order valence-electron chi connectivity index (χ4n) is 4.39. The van der Waals surface area contributed by atoms with Gasteiger partial charge in [-0.05, 0) is 57.4 Å². The summed E-state index contributed by atoms with van der Waals surface area (Å²) in [7, 11) is -0.993. The predicted octanol–water partition coefficient (Wildman–Crippen LogP) is 4.15. The van der Waals surface area contributed by atoms with E-state index in [1.165, 1.54) is 30.2 Å². The second-order valence-electron chi connectivity index (χ2n) is 8.48. The Labute approximate surface area is 200 Å². The van der Waals surface area contributed by atoms with Gasteiger partial charge in [0.05, 0.1) is 7.11 Å². The molecule has 1 N–H and O–H groups in total. The number of rotatable bonds is 7. The van der Waals surface area contributed by atoms with Crippen LogP contribution in [0.5, 0.6) is 5.75 Å². The summed E-state index contributed by atoms with van der Waals surface area (Å²) in [6, 6.07) is 10.9. The van der Waals surface area contributed by atoms with Gasteiger partial charge in [-0.15, -0.1) is 0 Å². The van der Waals surface area contributed by atoms with Crippen molar-refractivity contribution in [1.29, 1.82) is 0 Å². The lowest BCUT2D eigenvalue weighted by Crippen LogP contribution is -2.54. The number of carbonyl (C=O) groups excluding carboxylic acids is 2. The van der Waals surface area contributed by atoms with Gasteiger partial charge < -0.3 is 9.64 Å². The van der Waals surface area contributed by atoms with Gasteiger partial charge in [-0.25, -0.2) is 13.1 Å². The van der Waals surface area contributed by atoms with Crippen molar-refractivity contribution in [2.24, 2.45) is 0 Å². The number of halogens is 1. The molecule has 9 heteroatoms. The fraction of sp³-hybridized carbons (Fsp3) is 0.417. The zero-order valence-corrected chi connectivity index (χ0v) is 20.8. The lowest BCUT2D eigenvalue weighted by molar-refractivity contribution is -0.132. The quantitative estimate of drug-likeness (QED) is 0.626. The smallest absolute Gasteiger partial charge is 0.254 e. The molecule has 0 spiro atoms. The van der Waals surface area contributed by atoms with Crippen molar-refractivity contribution in [3.63, 3.8) is 0 Å². The van der Waals surface area contributed by atoms with Crippen molar-refractivity contribution in [3.05, 3.63) is 58.6 Å². The van der Waals surface area contributed by atoms with Crippen molar-refractivity contribution in [2.75, 3.05) is 14.2 Å². The Balaban J connectivity index is 2.11. The third-order valence-corrected chi connectivity index (χ3v) is 7.95. The Morgan fingerprint density at radius 1 is 1.18 bits per heavy atom. The molecule has 1 saturated carbocycles. The second kappa shape index (κ2) is 9.83. The van der Waals surface area contributed by atoms with Crippen molar-refractivity contribution < 1.29 is 22.7 Å². The molecule has 7 nitrogen and oxygen atoms in total. The van der Waals surface area contributed by atoms with Gasteiger partial charge in [0.15, 0.2) is 5.78 Å². The van der Waals surface area contributed by atoms with Crippen molar-refractivity contribution in [2.45, 2.75) is 56.0 Å². The zero-order valence-electron chi connectivity index (χ0n) is 19.2. The number of methoxy groups -OCH3 is 1. The topological polar surface area (TPSA) is 92.8 Å². The highest BCUT2D eigenvalue weighted by atomic mass is 35.5. The van der Waals surface area contributed by atoms with Gasteiger partial charge in [-0.1, -0.05) is 29.8 Å². The molecule has 33 heavy (non-hydrogen) atoms. The molecule has 0 heterocycles. The molecule has 0 bridgehead atoms. The highest BCUT2D eigenvalue weighted by Gasteiger charge is 2.48. The molecule has 3 rings (SSSR count). The Morgan fingerprint density at radius 2 is 1.88 bits per heavy atom. The maximum Gasteiger partial charge on any atom is 0.254 e. The first-order valence-corrected chi connectivity index (χ1v) is 12.7. The van der Waals surface area contributed by atoms with Crippen LogP contribution in [0.3, 0.4) is 0 Å². The van der Waals surface area contributed by atoms with Crippen molar-refractivity contribution in [3.8, 4) is 5.75 Å². The number of carbonyl (C=O) groups is 2. The highest BCUT2D eigenvalue weighted by molar-refractivity contribution is 7.89. The third kappa shape index (κ3) is 4.78. The van der Waals surface area contributed by atoms with E-state index in [1.54, 1.807) is 45.2 Å². The van der Waals surface area contributed by atoms with E-state index in [0.29, 0.717) is 23.4 Å². The van der Waals surface area contributed by atoms with E-state index in [-0.39, 0.29) is 28.0 Å². The van der Waals surface area contributed by atoms with E-state index < -0.39 is 21.5 Å². The molecular weight excluding hydrogens is 464 g/mol. The van der Waals surface area contributed by atoms with Crippen LogP contribution >= 0.6 is 11.6 Å². The largest absolute Gasteiger partial charge is 0.495 e. The number of ketones is 1. The number of sulfonamides is 1. The predicted molar refractivity (Wildman–Crippen MR) is 127 cm³/mol. The van der Waals surface area contributed by atoms with E-state index in [4.69, 9.17) is 16.3 Å². The molecule has 1 aliphatic carbocycles. The van der Waals surface area contributed by atoms with Gasteiger partial charge >= 0.3 is 0 Å². The number of likely N-dealkylation sites (N-methyl/N-ethyl adjacent to an activating group) is 1. The van der Waals surface area contributed by atoms with Crippen LogP contribution in [-0.4, -0.2) is 45.2 Å². The van der Waals surface area contributed by atoms with Crippen LogP contribution in [-0.2, 0) is 20.4 Å². The lowest BCUT2D eigenvalue weighted by atomic mass is 9.74. The summed E-state index contributed by atoms with van der Waals surface area (Å²) in [6.07, 6.45) is 2.28. The molecule has 1 fully saturated rings. The monoisotopic (exact) mass is 492 g/mol. The summed E-state index contributed by atoms with van der Waals surface area (Å²) in [5.74, 6) is -0.439. The first-order valence-electron chi connectivity index (χ1n) is 10.8. The molecule has 0 unspecified atom stereocenters. The van der Waals surface area contributed by atoms with Crippen LogP contribution in [0.15, 0.2) is 47.4 Å². The number of nitrogens with one attached hydrogen (secondary N) is 1. The minimum absolute atomic E-state index is 0.0828. The van der Waals surface area contributed by atoms with Crippen LogP contribution in [0.4, 0.5) is 0 Å². The number of hydrogen-bond donors (Lipinski definition) is 1. The fourth-order valence-corrected chi connectivity index (χ4v) is 6.13. The second-order valence-corrected chi connectivity index (χ2v) is 10.6. The lowest BCUT2D eigenvalue weighted by Gasteiger charge is -2.44. The van der Waals surface area contributed by atoms with E-state index in [2.05, 4.69) is 4.72 Å². The maximum atomic E-state index is 13.7. The molecule has 178 valence electrons. The van der Waals surface area contributed by atoms with Gasteiger partial charge in [0.25, 0.3) is 5.91 Å². The minimum atomic E-state index is -3.93. The molecule has 1 amide bonds. The summed E-state index contributed by atoms with van der Waals surface area (Å²) in [6.45, 7) is 3.41. The van der Waals surface area contributed by atoms with Crippen LogP contribution in [0.1, 0.15) is 55.5 Å². The Hall–Kier alpha value is -2.42. The van der Waals surface area contributed by atoms with Crippen LogP contribution < -0.4 is 9.46 Å². The zero-order chi connectivity index (χ0) is 24.4. The number of benzene rings is 2. The van der Waals surface area contributed by atoms with Gasteiger partial charge in [0.2, 0.25) is 10.0 Å². The molecule has 2 aromatic rings. The molecule has 0 aromatic heterocycles. The summed E-state index contributed by atoms with van der Waals surface area (Å²) in [5.41, 5.74) is -0.509. The van der Waals surface area contributed by atoms with Gasteiger partial charge in [0, 0.05) is 35.7 Å². The average Bonchev–Trinajstić information content (AvgIpc) is 2.78. The Kier molecular flexibility index (Phi) is 7.51. The molecule has 1 atom stereocenters. The molecule has 1 aliphatic rings. The Morgan fingerprint density at radius 3 is 2.48 bits per heavy atom. The van der Waals surface area contributed by atoms with E-state index in [0.717, 1.165) is 12.8 Å². The van der Waals surface area contributed by atoms with Crippen molar-refractivity contribution in [1.82, 2.24) is 9.62 Å². The standard InChI is InChI=1S/C24H29ClN2O5S/c1-16(2)26-33(30,31)21-15-17(12-13-20(21)32-4)23(29)27(3)24(14-8-7-11-22(24)28)18-9-5-6-10-19(18)25/h5-6,9-10,12-13,15-16,26H,7-8,11,14H2,1-4H3/t24-/m1/s1. The summed E-state index contributed by atoms with van der Waals surface area (Å²) in [5, 5.41) is 0.409. The van der Waals surface area contributed by atoms with E-state index in [1.807, 2.05) is 0 Å². The molecule has 0 saturated heterocycles. The first kappa shape index (κ1) is 25.2.